The number of benzene rings is 1. The number of nitrogens with one attached hydrogen (secondary N) is 2. The Hall–Kier alpha value is -1.53. The highest BCUT2D eigenvalue weighted by molar-refractivity contribution is 7.92. The molecule has 1 aromatic heterocycles. The summed E-state index contributed by atoms with van der Waals surface area (Å²) in [5.74, 6) is 0. The topological polar surface area (TPSA) is 58.2 Å². The van der Waals surface area contributed by atoms with Crippen molar-refractivity contribution in [2.24, 2.45) is 0 Å². The molecule has 2 N–H and O–H groups in total. The minimum Gasteiger partial charge on any atom is -0.376 e. The predicted molar refractivity (Wildman–Crippen MR) is 86.0 cm³/mol. The number of hydrogen-bond donors (Lipinski definition) is 2. The van der Waals surface area contributed by atoms with Crippen molar-refractivity contribution in [3.63, 3.8) is 0 Å². The summed E-state index contributed by atoms with van der Waals surface area (Å²) in [6, 6.07) is 11.6. The first-order chi connectivity index (χ1) is 9.35. The first kappa shape index (κ1) is 14.9. The smallest absolute Gasteiger partial charge is 0.229 e. The van der Waals surface area contributed by atoms with Gasteiger partial charge in [-0.1, -0.05) is 12.1 Å². The first-order valence-electron chi connectivity index (χ1n) is 6.25. The molecule has 0 bridgehead atoms. The molecule has 2 rings (SSSR count). The van der Waals surface area contributed by atoms with Gasteiger partial charge in [0.2, 0.25) is 10.0 Å². The van der Waals surface area contributed by atoms with Crippen LogP contribution in [0.1, 0.15) is 22.7 Å². The van der Waals surface area contributed by atoms with Crippen LogP contribution in [0.3, 0.4) is 0 Å². The number of anilines is 2. The molecule has 0 radical (unpaired) electrons. The molecule has 1 atom stereocenters. The normalized spacial score (nSPS) is 12.9. The van der Waals surface area contributed by atoms with Gasteiger partial charge >= 0.3 is 0 Å². The molecule has 1 aromatic carbocycles. The lowest BCUT2D eigenvalue weighted by atomic mass is 10.2. The Bertz CT molecular complexity index is 693. The summed E-state index contributed by atoms with van der Waals surface area (Å²) in [6.07, 6.45) is 1.15. The van der Waals surface area contributed by atoms with Gasteiger partial charge in [-0.15, -0.1) is 11.3 Å². The quantitative estimate of drug-likeness (QED) is 0.887. The number of sulfonamides is 1. The third kappa shape index (κ3) is 3.98. The second-order valence-electron chi connectivity index (χ2n) is 4.73. The fourth-order valence-corrected chi connectivity index (χ4v) is 3.35. The van der Waals surface area contributed by atoms with Gasteiger partial charge in [0.05, 0.1) is 23.7 Å². The molecular formula is C14H18N2O2S2. The largest absolute Gasteiger partial charge is 0.376 e. The summed E-state index contributed by atoms with van der Waals surface area (Å²) < 4.78 is 25.3. The van der Waals surface area contributed by atoms with E-state index < -0.39 is 10.0 Å². The molecule has 0 fully saturated rings. The number of para-hydroxylation sites is 2. The van der Waals surface area contributed by atoms with Crippen LogP contribution in [0, 0.1) is 6.92 Å². The number of thiophene rings is 1. The molecule has 108 valence electrons. The maximum Gasteiger partial charge on any atom is 0.229 e. The first-order valence-corrected chi connectivity index (χ1v) is 8.95. The number of rotatable bonds is 5. The lowest BCUT2D eigenvalue weighted by Gasteiger charge is -2.17. The van der Waals surface area contributed by atoms with E-state index >= 15 is 0 Å². The van der Waals surface area contributed by atoms with Gasteiger partial charge in [-0.2, -0.15) is 0 Å². The molecule has 0 aliphatic rings. The van der Waals surface area contributed by atoms with E-state index in [0.29, 0.717) is 5.69 Å². The standard InChI is InChI=1S/C14H18N2O2S2/c1-10-8-9-14(19-10)11(2)15-12-6-4-5-7-13(12)16-20(3,17)18/h4-9,11,15-16H,1-3H3. The molecule has 4 nitrogen and oxygen atoms in total. The van der Waals surface area contributed by atoms with Crippen LogP contribution in [-0.2, 0) is 10.0 Å². The van der Waals surface area contributed by atoms with E-state index in [0.717, 1.165) is 11.9 Å². The second-order valence-corrected chi connectivity index (χ2v) is 7.80. The van der Waals surface area contributed by atoms with Crippen LogP contribution >= 0.6 is 11.3 Å². The highest BCUT2D eigenvalue weighted by Crippen LogP contribution is 2.29. The van der Waals surface area contributed by atoms with E-state index in [1.165, 1.54) is 9.75 Å². The molecule has 1 heterocycles. The van der Waals surface area contributed by atoms with Gasteiger partial charge in [0.25, 0.3) is 0 Å². The third-order valence-electron chi connectivity index (χ3n) is 2.78. The Morgan fingerprint density at radius 3 is 2.30 bits per heavy atom. The number of aryl methyl sites for hydroxylation is 1. The van der Waals surface area contributed by atoms with Gasteiger partial charge in [-0.05, 0) is 38.1 Å². The monoisotopic (exact) mass is 310 g/mol. The zero-order chi connectivity index (χ0) is 14.8. The molecule has 0 spiro atoms. The Labute approximate surface area is 123 Å². The maximum atomic E-state index is 11.4. The molecule has 0 aliphatic carbocycles. The molecule has 1 unspecified atom stereocenters. The molecule has 6 heteroatoms. The Morgan fingerprint density at radius 1 is 1.10 bits per heavy atom. The summed E-state index contributed by atoms with van der Waals surface area (Å²) in [5.41, 5.74) is 1.34. The Balaban J connectivity index is 2.21. The average Bonchev–Trinajstić information content (AvgIpc) is 2.77. The second kappa shape index (κ2) is 5.85. The average molecular weight is 310 g/mol. The lowest BCUT2D eigenvalue weighted by Crippen LogP contribution is -2.13. The van der Waals surface area contributed by atoms with Crippen LogP contribution in [-0.4, -0.2) is 14.7 Å². The molecule has 0 saturated carbocycles. The molecule has 2 aromatic rings. The fourth-order valence-electron chi connectivity index (χ4n) is 1.89. The number of hydrogen-bond acceptors (Lipinski definition) is 4. The zero-order valence-corrected chi connectivity index (χ0v) is 13.3. The van der Waals surface area contributed by atoms with Crippen molar-refractivity contribution < 1.29 is 8.42 Å². The van der Waals surface area contributed by atoms with E-state index in [1.807, 2.05) is 12.1 Å². The van der Waals surface area contributed by atoms with Crippen LogP contribution in [0.25, 0.3) is 0 Å². The molecule has 0 amide bonds. The summed E-state index contributed by atoms with van der Waals surface area (Å²) in [4.78, 5) is 2.48. The van der Waals surface area contributed by atoms with Gasteiger partial charge in [-0.3, -0.25) is 4.72 Å². The van der Waals surface area contributed by atoms with Gasteiger partial charge < -0.3 is 5.32 Å². The van der Waals surface area contributed by atoms with Crippen LogP contribution < -0.4 is 10.0 Å². The Kier molecular flexibility index (Phi) is 4.35. The van der Waals surface area contributed by atoms with E-state index in [2.05, 4.69) is 36.0 Å². The van der Waals surface area contributed by atoms with E-state index in [9.17, 15) is 8.42 Å². The van der Waals surface area contributed by atoms with Gasteiger partial charge in [0, 0.05) is 9.75 Å². The zero-order valence-electron chi connectivity index (χ0n) is 11.7. The van der Waals surface area contributed by atoms with Crippen molar-refractivity contribution >= 4 is 32.7 Å². The summed E-state index contributed by atoms with van der Waals surface area (Å²) in [6.45, 7) is 4.13. The molecule has 20 heavy (non-hydrogen) atoms. The minimum absolute atomic E-state index is 0.121. The lowest BCUT2D eigenvalue weighted by molar-refractivity contribution is 0.607. The summed E-state index contributed by atoms with van der Waals surface area (Å²) >= 11 is 1.73. The Morgan fingerprint density at radius 2 is 1.75 bits per heavy atom. The van der Waals surface area contributed by atoms with Crippen molar-refractivity contribution in [3.8, 4) is 0 Å². The van der Waals surface area contributed by atoms with Crippen LogP contribution in [0.5, 0.6) is 0 Å². The fraction of sp³-hybridized carbons (Fsp3) is 0.286. The minimum atomic E-state index is -3.28. The van der Waals surface area contributed by atoms with Crippen LogP contribution in [0.15, 0.2) is 36.4 Å². The van der Waals surface area contributed by atoms with E-state index in [1.54, 1.807) is 23.5 Å². The highest BCUT2D eigenvalue weighted by atomic mass is 32.2. The van der Waals surface area contributed by atoms with Gasteiger partial charge in [-0.25, -0.2) is 8.42 Å². The van der Waals surface area contributed by atoms with Crippen molar-refractivity contribution in [2.45, 2.75) is 19.9 Å². The third-order valence-corrected chi connectivity index (χ3v) is 4.56. The predicted octanol–water partition coefficient (Wildman–Crippen LogP) is 3.60. The highest BCUT2D eigenvalue weighted by Gasteiger charge is 2.11. The van der Waals surface area contributed by atoms with Crippen molar-refractivity contribution in [3.05, 3.63) is 46.2 Å². The molecule has 0 saturated heterocycles. The van der Waals surface area contributed by atoms with Crippen molar-refractivity contribution in [1.82, 2.24) is 0 Å². The van der Waals surface area contributed by atoms with Gasteiger partial charge in [0.1, 0.15) is 0 Å². The van der Waals surface area contributed by atoms with Crippen LogP contribution in [0.2, 0.25) is 0 Å². The van der Waals surface area contributed by atoms with Crippen molar-refractivity contribution in [1.29, 1.82) is 0 Å². The maximum absolute atomic E-state index is 11.4. The molecule has 0 aliphatic heterocycles. The SMILES string of the molecule is Cc1ccc(C(C)Nc2ccccc2NS(C)(=O)=O)s1. The van der Waals surface area contributed by atoms with Crippen molar-refractivity contribution in [2.75, 3.05) is 16.3 Å². The summed E-state index contributed by atoms with van der Waals surface area (Å²) in [5, 5.41) is 3.35. The van der Waals surface area contributed by atoms with E-state index in [4.69, 9.17) is 0 Å². The van der Waals surface area contributed by atoms with E-state index in [-0.39, 0.29) is 6.04 Å². The van der Waals surface area contributed by atoms with Gasteiger partial charge in [0.15, 0.2) is 0 Å². The van der Waals surface area contributed by atoms with Crippen LogP contribution in [0.4, 0.5) is 11.4 Å². The summed E-state index contributed by atoms with van der Waals surface area (Å²) in [7, 11) is -3.28. The molecular weight excluding hydrogens is 292 g/mol.